The zero-order chi connectivity index (χ0) is 20.5. The van der Waals surface area contributed by atoms with Crippen LogP contribution >= 0.6 is 0 Å². The molecule has 3 rings (SSSR count). The second kappa shape index (κ2) is 7.54. The predicted octanol–water partition coefficient (Wildman–Crippen LogP) is 4.94. The van der Waals surface area contributed by atoms with Gasteiger partial charge in [-0.15, -0.1) is 0 Å². The molecule has 0 spiro atoms. The first kappa shape index (κ1) is 19.7. The standard InChI is InChI=1S/C22H23F2N3O/c1-14-5-7-18(8-6-14)27-20(13-19(26-27)22(2,3)4)25-21(28)11-15-9-16(23)12-17(24)10-15/h5-10,12-13H,11H2,1-4H3,(H,25,28). The van der Waals surface area contributed by atoms with Gasteiger partial charge < -0.3 is 5.32 Å². The van der Waals surface area contributed by atoms with Gasteiger partial charge in [-0.1, -0.05) is 38.5 Å². The average Bonchev–Trinajstić information content (AvgIpc) is 2.98. The van der Waals surface area contributed by atoms with Gasteiger partial charge in [0.1, 0.15) is 17.5 Å². The lowest BCUT2D eigenvalue weighted by atomic mass is 9.92. The Balaban J connectivity index is 1.90. The predicted molar refractivity (Wildman–Crippen MR) is 106 cm³/mol. The SMILES string of the molecule is Cc1ccc(-n2nc(C(C)(C)C)cc2NC(=O)Cc2cc(F)cc(F)c2)cc1. The summed E-state index contributed by atoms with van der Waals surface area (Å²) in [5.41, 5.74) is 2.81. The Bertz CT molecular complexity index is 981. The van der Waals surface area contributed by atoms with Crippen molar-refractivity contribution in [2.24, 2.45) is 0 Å². The summed E-state index contributed by atoms with van der Waals surface area (Å²) >= 11 is 0. The molecule has 1 N–H and O–H groups in total. The molecule has 0 aliphatic heterocycles. The van der Waals surface area contributed by atoms with Crippen LogP contribution in [0.4, 0.5) is 14.6 Å². The minimum absolute atomic E-state index is 0.140. The number of carbonyl (C=O) groups excluding carboxylic acids is 1. The summed E-state index contributed by atoms with van der Waals surface area (Å²) in [5.74, 6) is -1.28. The van der Waals surface area contributed by atoms with Gasteiger partial charge in [-0.3, -0.25) is 4.79 Å². The minimum Gasteiger partial charge on any atom is -0.310 e. The molecule has 0 fully saturated rings. The molecule has 0 atom stereocenters. The Hall–Kier alpha value is -3.02. The van der Waals surface area contributed by atoms with Crippen LogP contribution in [0.3, 0.4) is 0 Å². The zero-order valence-electron chi connectivity index (χ0n) is 16.4. The highest BCUT2D eigenvalue weighted by atomic mass is 19.1. The van der Waals surface area contributed by atoms with E-state index >= 15 is 0 Å². The number of nitrogens with zero attached hydrogens (tertiary/aromatic N) is 2. The van der Waals surface area contributed by atoms with E-state index in [1.807, 2.05) is 58.0 Å². The number of nitrogens with one attached hydrogen (secondary N) is 1. The third-order valence-electron chi connectivity index (χ3n) is 4.31. The maximum Gasteiger partial charge on any atom is 0.229 e. The number of anilines is 1. The van der Waals surface area contributed by atoms with E-state index in [0.717, 1.165) is 35.1 Å². The molecular formula is C22H23F2N3O. The van der Waals surface area contributed by atoms with E-state index in [4.69, 9.17) is 0 Å². The van der Waals surface area contributed by atoms with Gasteiger partial charge in [-0.25, -0.2) is 13.5 Å². The van der Waals surface area contributed by atoms with Gasteiger partial charge in [0.15, 0.2) is 0 Å². The normalized spacial score (nSPS) is 11.5. The summed E-state index contributed by atoms with van der Waals surface area (Å²) in [4.78, 5) is 12.5. The van der Waals surface area contributed by atoms with Crippen LogP contribution in [0, 0.1) is 18.6 Å². The summed E-state index contributed by atoms with van der Waals surface area (Å²) in [5, 5.41) is 7.47. The van der Waals surface area contributed by atoms with E-state index in [2.05, 4.69) is 10.4 Å². The van der Waals surface area contributed by atoms with Gasteiger partial charge in [0.2, 0.25) is 5.91 Å². The van der Waals surface area contributed by atoms with Gasteiger partial charge in [0, 0.05) is 17.5 Å². The van der Waals surface area contributed by atoms with Crippen LogP contribution in [0.2, 0.25) is 0 Å². The Morgan fingerprint density at radius 2 is 1.64 bits per heavy atom. The van der Waals surface area contributed by atoms with Crippen LogP contribution in [0.5, 0.6) is 0 Å². The van der Waals surface area contributed by atoms with Crippen LogP contribution < -0.4 is 5.32 Å². The second-order valence-corrected chi connectivity index (χ2v) is 7.91. The Kier molecular flexibility index (Phi) is 5.31. The van der Waals surface area contributed by atoms with Crippen LogP contribution in [0.1, 0.15) is 37.6 Å². The Morgan fingerprint density at radius 3 is 2.21 bits per heavy atom. The number of carbonyl (C=O) groups is 1. The van der Waals surface area contributed by atoms with Crippen molar-refractivity contribution in [3.63, 3.8) is 0 Å². The number of halogens is 2. The molecule has 0 aliphatic rings. The van der Waals surface area contributed by atoms with E-state index in [1.165, 1.54) is 0 Å². The van der Waals surface area contributed by atoms with Crippen LogP contribution in [-0.4, -0.2) is 15.7 Å². The van der Waals surface area contributed by atoms with Gasteiger partial charge in [-0.05, 0) is 36.8 Å². The van der Waals surface area contributed by atoms with Gasteiger partial charge in [0.05, 0.1) is 17.8 Å². The lowest BCUT2D eigenvalue weighted by Gasteiger charge is -2.14. The van der Waals surface area contributed by atoms with Crippen LogP contribution in [-0.2, 0) is 16.6 Å². The highest BCUT2D eigenvalue weighted by molar-refractivity contribution is 5.91. The highest BCUT2D eigenvalue weighted by Crippen LogP contribution is 2.26. The first-order chi connectivity index (χ1) is 13.1. The lowest BCUT2D eigenvalue weighted by molar-refractivity contribution is -0.115. The van der Waals surface area contributed by atoms with Crippen molar-refractivity contribution >= 4 is 11.7 Å². The molecule has 4 nitrogen and oxygen atoms in total. The molecule has 0 saturated carbocycles. The van der Waals surface area contributed by atoms with Crippen molar-refractivity contribution < 1.29 is 13.6 Å². The third kappa shape index (κ3) is 4.63. The van der Waals surface area contributed by atoms with Crippen molar-refractivity contribution in [1.82, 2.24) is 9.78 Å². The number of aromatic nitrogens is 2. The number of hydrogen-bond acceptors (Lipinski definition) is 2. The molecule has 0 aliphatic carbocycles. The maximum atomic E-state index is 13.4. The Morgan fingerprint density at radius 1 is 1.04 bits per heavy atom. The molecular weight excluding hydrogens is 360 g/mol. The lowest BCUT2D eigenvalue weighted by Crippen LogP contribution is -2.17. The highest BCUT2D eigenvalue weighted by Gasteiger charge is 2.21. The second-order valence-electron chi connectivity index (χ2n) is 7.91. The smallest absolute Gasteiger partial charge is 0.229 e. The molecule has 0 unspecified atom stereocenters. The van der Waals surface area contributed by atoms with Gasteiger partial charge in [0.25, 0.3) is 0 Å². The van der Waals surface area contributed by atoms with Crippen molar-refractivity contribution in [2.75, 3.05) is 5.32 Å². The van der Waals surface area contributed by atoms with Crippen molar-refractivity contribution in [3.05, 3.63) is 77.0 Å². The number of benzene rings is 2. The molecule has 0 radical (unpaired) electrons. The summed E-state index contributed by atoms with van der Waals surface area (Å²) in [7, 11) is 0. The monoisotopic (exact) mass is 383 g/mol. The topological polar surface area (TPSA) is 46.9 Å². The summed E-state index contributed by atoms with van der Waals surface area (Å²) in [6.07, 6.45) is -0.140. The third-order valence-corrected chi connectivity index (χ3v) is 4.31. The molecule has 1 heterocycles. The Labute approximate surface area is 163 Å². The molecule has 0 bridgehead atoms. The largest absolute Gasteiger partial charge is 0.310 e. The number of aryl methyl sites for hydroxylation is 1. The maximum absolute atomic E-state index is 13.4. The fraction of sp³-hybridized carbons (Fsp3) is 0.273. The zero-order valence-corrected chi connectivity index (χ0v) is 16.4. The van der Waals surface area contributed by atoms with E-state index in [1.54, 1.807) is 4.68 Å². The molecule has 28 heavy (non-hydrogen) atoms. The van der Waals surface area contributed by atoms with Crippen molar-refractivity contribution in [3.8, 4) is 5.69 Å². The molecule has 0 saturated heterocycles. The molecule has 1 amide bonds. The molecule has 6 heteroatoms. The molecule has 3 aromatic rings. The number of hydrogen-bond donors (Lipinski definition) is 1. The summed E-state index contributed by atoms with van der Waals surface area (Å²) in [6, 6.07) is 12.7. The van der Waals surface area contributed by atoms with E-state index in [9.17, 15) is 13.6 Å². The van der Waals surface area contributed by atoms with E-state index < -0.39 is 11.6 Å². The van der Waals surface area contributed by atoms with Crippen molar-refractivity contribution in [1.29, 1.82) is 0 Å². The van der Waals surface area contributed by atoms with Crippen LogP contribution in [0.25, 0.3) is 5.69 Å². The number of rotatable bonds is 4. The van der Waals surface area contributed by atoms with Gasteiger partial charge in [-0.2, -0.15) is 5.10 Å². The van der Waals surface area contributed by atoms with Gasteiger partial charge >= 0.3 is 0 Å². The molecule has 1 aromatic heterocycles. The van der Waals surface area contributed by atoms with E-state index in [0.29, 0.717) is 5.82 Å². The summed E-state index contributed by atoms with van der Waals surface area (Å²) < 4.78 is 28.4. The number of amides is 1. The van der Waals surface area contributed by atoms with E-state index in [-0.39, 0.29) is 23.3 Å². The fourth-order valence-corrected chi connectivity index (χ4v) is 2.80. The molecule has 146 valence electrons. The summed E-state index contributed by atoms with van der Waals surface area (Å²) in [6.45, 7) is 8.11. The quantitative estimate of drug-likeness (QED) is 0.694. The van der Waals surface area contributed by atoms with Crippen molar-refractivity contribution in [2.45, 2.75) is 39.5 Å². The first-order valence-corrected chi connectivity index (χ1v) is 9.04. The molecule has 2 aromatic carbocycles. The average molecular weight is 383 g/mol. The first-order valence-electron chi connectivity index (χ1n) is 9.04. The fourth-order valence-electron chi connectivity index (χ4n) is 2.80. The van der Waals surface area contributed by atoms with Crippen LogP contribution in [0.15, 0.2) is 48.5 Å². The minimum atomic E-state index is -0.706.